The van der Waals surface area contributed by atoms with Crippen molar-refractivity contribution in [1.29, 1.82) is 0 Å². The molecule has 0 bridgehead atoms. The Balaban J connectivity index is 1.75. The molecule has 1 aromatic carbocycles. The molecule has 1 atom stereocenters. The van der Waals surface area contributed by atoms with Crippen LogP contribution >= 0.6 is 0 Å². The van der Waals surface area contributed by atoms with Crippen LogP contribution in [0.1, 0.15) is 49.6 Å². The molecular weight excluding hydrogens is 364 g/mol. The van der Waals surface area contributed by atoms with Gasteiger partial charge < -0.3 is 10.1 Å². The van der Waals surface area contributed by atoms with Gasteiger partial charge in [0.1, 0.15) is 0 Å². The number of nitrogens with one attached hydrogen (secondary N) is 1. The number of hydrogen-bond donors (Lipinski definition) is 1. The monoisotopic (exact) mass is 394 g/mol. The molecular formula is C23H30N4O2. The molecule has 3 aromatic rings. The van der Waals surface area contributed by atoms with Gasteiger partial charge in [0.15, 0.2) is 12.3 Å². The average Bonchev–Trinajstić information content (AvgIpc) is 3.03. The van der Waals surface area contributed by atoms with Gasteiger partial charge >= 0.3 is 0 Å². The van der Waals surface area contributed by atoms with E-state index in [2.05, 4.69) is 41.4 Å². The maximum atomic E-state index is 12.7. The van der Waals surface area contributed by atoms with E-state index in [4.69, 9.17) is 4.74 Å². The molecule has 2 aromatic heterocycles. The van der Waals surface area contributed by atoms with Crippen molar-refractivity contribution >= 4 is 16.9 Å². The molecule has 0 radical (unpaired) electrons. The van der Waals surface area contributed by atoms with Crippen molar-refractivity contribution < 1.29 is 9.53 Å². The first-order valence-electron chi connectivity index (χ1n) is 10.2. The van der Waals surface area contributed by atoms with Gasteiger partial charge in [-0.15, -0.1) is 5.10 Å². The van der Waals surface area contributed by atoms with E-state index in [0.717, 1.165) is 40.7 Å². The first-order chi connectivity index (χ1) is 13.9. The van der Waals surface area contributed by atoms with Crippen LogP contribution in [0.15, 0.2) is 36.4 Å². The molecule has 0 aliphatic heterocycles. The van der Waals surface area contributed by atoms with E-state index < -0.39 is 0 Å². The zero-order valence-corrected chi connectivity index (χ0v) is 17.9. The maximum absolute atomic E-state index is 12.7. The van der Waals surface area contributed by atoms with Crippen molar-refractivity contribution in [3.8, 4) is 5.88 Å². The summed E-state index contributed by atoms with van der Waals surface area (Å²) in [5.74, 6) is 0.662. The second kappa shape index (κ2) is 9.07. The van der Waals surface area contributed by atoms with Crippen molar-refractivity contribution in [2.45, 2.75) is 46.6 Å². The van der Waals surface area contributed by atoms with E-state index in [1.807, 2.05) is 45.2 Å². The fourth-order valence-electron chi connectivity index (χ4n) is 3.89. The van der Waals surface area contributed by atoms with Gasteiger partial charge in [-0.25, -0.2) is 9.67 Å². The Kier molecular flexibility index (Phi) is 6.52. The van der Waals surface area contributed by atoms with Gasteiger partial charge in [-0.2, -0.15) is 0 Å². The third-order valence-corrected chi connectivity index (χ3v) is 5.42. The molecule has 0 saturated carbocycles. The Morgan fingerprint density at radius 3 is 2.52 bits per heavy atom. The molecule has 0 saturated heterocycles. The minimum Gasteiger partial charge on any atom is -0.466 e. The third kappa shape index (κ3) is 4.58. The van der Waals surface area contributed by atoms with Crippen LogP contribution < -0.4 is 10.1 Å². The summed E-state index contributed by atoms with van der Waals surface area (Å²) >= 11 is 0. The third-order valence-electron chi connectivity index (χ3n) is 5.42. The normalized spacial score (nSPS) is 12.3. The number of fused-ring (bicyclic) bond motifs is 1. The Bertz CT molecular complexity index is 977. The predicted molar refractivity (Wildman–Crippen MR) is 115 cm³/mol. The van der Waals surface area contributed by atoms with E-state index in [1.54, 1.807) is 4.68 Å². The second-order valence-corrected chi connectivity index (χ2v) is 7.53. The molecule has 6 heteroatoms. The molecule has 0 fully saturated rings. The highest BCUT2D eigenvalue weighted by molar-refractivity contribution is 5.85. The summed E-state index contributed by atoms with van der Waals surface area (Å²) in [4.78, 5) is 17.3. The number of amides is 1. The molecule has 0 aliphatic rings. The van der Waals surface area contributed by atoms with Crippen molar-refractivity contribution in [2.24, 2.45) is 13.0 Å². The number of carbonyl (C=O) groups excluding carboxylic acids is 1. The van der Waals surface area contributed by atoms with Gasteiger partial charge in [-0.3, -0.25) is 4.79 Å². The highest BCUT2D eigenvalue weighted by Gasteiger charge is 2.23. The second-order valence-electron chi connectivity index (χ2n) is 7.53. The smallest absolute Gasteiger partial charge is 0.258 e. The van der Waals surface area contributed by atoms with Crippen LogP contribution in [0.5, 0.6) is 5.88 Å². The zero-order chi connectivity index (χ0) is 21.0. The van der Waals surface area contributed by atoms with Crippen molar-refractivity contribution in [1.82, 2.24) is 20.1 Å². The van der Waals surface area contributed by atoms with E-state index >= 15 is 0 Å². The van der Waals surface area contributed by atoms with Crippen LogP contribution in [-0.4, -0.2) is 27.3 Å². The minimum atomic E-state index is -0.151. The molecule has 29 heavy (non-hydrogen) atoms. The average molecular weight is 395 g/mol. The number of hydrogen-bond acceptors (Lipinski definition) is 4. The van der Waals surface area contributed by atoms with Gasteiger partial charge in [0.2, 0.25) is 5.88 Å². The van der Waals surface area contributed by atoms with Gasteiger partial charge in [0.25, 0.3) is 5.91 Å². The molecule has 1 amide bonds. The highest BCUT2D eigenvalue weighted by Crippen LogP contribution is 2.28. The summed E-state index contributed by atoms with van der Waals surface area (Å²) in [6, 6.07) is 12.1. The molecule has 0 aliphatic carbocycles. The quantitative estimate of drug-likeness (QED) is 0.620. The number of benzene rings is 1. The molecule has 1 unspecified atom stereocenters. The molecule has 2 heterocycles. The fourth-order valence-corrected chi connectivity index (χ4v) is 3.89. The van der Waals surface area contributed by atoms with Crippen molar-refractivity contribution in [3.63, 3.8) is 0 Å². The number of ether oxygens (including phenoxy) is 1. The standard InChI is InChI=1S/C23H30N4O2/c1-6-17(7-2)21(18-11-9-8-10-12-18)25-19(28)14-29-23-20-15(3)13-16(4)24-22(20)27(5)26-23/h8-13,17,21H,6-7,14H2,1-5H3,(H,25,28). The lowest BCUT2D eigenvalue weighted by atomic mass is 9.89. The predicted octanol–water partition coefficient (Wildman–Crippen LogP) is 4.26. The molecule has 6 nitrogen and oxygen atoms in total. The highest BCUT2D eigenvalue weighted by atomic mass is 16.5. The maximum Gasteiger partial charge on any atom is 0.258 e. The first kappa shape index (κ1) is 20.8. The Hall–Kier alpha value is -2.89. The van der Waals surface area contributed by atoms with Crippen LogP contribution in [0.3, 0.4) is 0 Å². The van der Waals surface area contributed by atoms with Crippen molar-refractivity contribution in [3.05, 3.63) is 53.2 Å². The Labute approximate surface area is 172 Å². The summed E-state index contributed by atoms with van der Waals surface area (Å²) in [6.07, 6.45) is 1.98. The molecule has 0 spiro atoms. The van der Waals surface area contributed by atoms with Gasteiger partial charge in [-0.05, 0) is 37.0 Å². The first-order valence-corrected chi connectivity index (χ1v) is 10.2. The van der Waals surface area contributed by atoms with E-state index in [1.165, 1.54) is 0 Å². The fraction of sp³-hybridized carbons (Fsp3) is 0.435. The lowest BCUT2D eigenvalue weighted by Gasteiger charge is -2.27. The topological polar surface area (TPSA) is 69.0 Å². The van der Waals surface area contributed by atoms with Crippen LogP contribution in [0, 0.1) is 19.8 Å². The van der Waals surface area contributed by atoms with Crippen LogP contribution in [0.25, 0.3) is 11.0 Å². The summed E-state index contributed by atoms with van der Waals surface area (Å²) < 4.78 is 7.52. The number of pyridine rings is 1. The summed E-state index contributed by atoms with van der Waals surface area (Å²) in [5, 5.41) is 8.44. The number of carbonyl (C=O) groups is 1. The SMILES string of the molecule is CCC(CC)C(NC(=O)COc1nn(C)c2nc(C)cc(C)c12)c1ccccc1. The lowest BCUT2D eigenvalue weighted by Crippen LogP contribution is -2.36. The lowest BCUT2D eigenvalue weighted by molar-refractivity contribution is -0.124. The number of aromatic nitrogens is 3. The van der Waals surface area contributed by atoms with Gasteiger partial charge in [0.05, 0.1) is 11.4 Å². The number of nitrogens with zero attached hydrogens (tertiary/aromatic N) is 3. The molecule has 3 rings (SSSR count). The molecule has 154 valence electrons. The Morgan fingerprint density at radius 1 is 1.17 bits per heavy atom. The largest absolute Gasteiger partial charge is 0.466 e. The van der Waals surface area contributed by atoms with Gasteiger partial charge in [-0.1, -0.05) is 57.0 Å². The zero-order valence-electron chi connectivity index (χ0n) is 17.9. The van der Waals surface area contributed by atoms with E-state index in [9.17, 15) is 4.79 Å². The minimum absolute atomic E-state index is 0.0335. The van der Waals surface area contributed by atoms with Crippen LogP contribution in [-0.2, 0) is 11.8 Å². The summed E-state index contributed by atoms with van der Waals surface area (Å²) in [7, 11) is 1.83. The van der Waals surface area contributed by atoms with Gasteiger partial charge in [0, 0.05) is 12.7 Å². The summed E-state index contributed by atoms with van der Waals surface area (Å²) in [6.45, 7) is 8.19. The summed E-state index contributed by atoms with van der Waals surface area (Å²) in [5.41, 5.74) is 3.85. The van der Waals surface area contributed by atoms with E-state index in [-0.39, 0.29) is 18.6 Å². The Morgan fingerprint density at radius 2 is 1.86 bits per heavy atom. The van der Waals surface area contributed by atoms with E-state index in [0.29, 0.717) is 11.8 Å². The number of rotatable bonds is 8. The number of aryl methyl sites for hydroxylation is 3. The van der Waals surface area contributed by atoms with Crippen LogP contribution in [0.4, 0.5) is 0 Å². The van der Waals surface area contributed by atoms with Crippen molar-refractivity contribution in [2.75, 3.05) is 6.61 Å². The molecule has 1 N–H and O–H groups in total. The van der Waals surface area contributed by atoms with Crippen LogP contribution in [0.2, 0.25) is 0 Å².